The summed E-state index contributed by atoms with van der Waals surface area (Å²) in [5.74, 6) is -1.19. The number of carboxylic acid groups (broad SMARTS) is 1. The minimum Gasteiger partial charge on any atom is -0.478 e. The van der Waals surface area contributed by atoms with E-state index in [1.165, 1.54) is 18.2 Å². The van der Waals surface area contributed by atoms with Crippen LogP contribution >= 0.6 is 0 Å². The number of amides is 1. The number of carboxylic acids is 1. The highest BCUT2D eigenvalue weighted by Gasteiger charge is 2.30. The van der Waals surface area contributed by atoms with Gasteiger partial charge in [-0.3, -0.25) is 14.7 Å². The smallest absolute Gasteiger partial charge is 0.335 e. The van der Waals surface area contributed by atoms with Gasteiger partial charge in [0, 0.05) is 19.3 Å². The third-order valence-corrected chi connectivity index (χ3v) is 7.49. The zero-order valence-electron chi connectivity index (χ0n) is 21.1. The van der Waals surface area contributed by atoms with E-state index >= 15 is 0 Å². The largest absolute Gasteiger partial charge is 0.478 e. The summed E-state index contributed by atoms with van der Waals surface area (Å²) in [6, 6.07) is 14.1. The predicted molar refractivity (Wildman–Crippen MR) is 141 cm³/mol. The first kappa shape index (κ1) is 27.4. The molecule has 1 amide bonds. The molecule has 0 unspecified atom stereocenters. The Morgan fingerprint density at radius 1 is 1.18 bits per heavy atom. The fraction of sp³-hybridized carbons (Fsp3) is 0.296. The number of aromatic carboxylic acids is 1. The van der Waals surface area contributed by atoms with Crippen molar-refractivity contribution in [2.45, 2.75) is 37.4 Å². The number of aromatic nitrogens is 1. The van der Waals surface area contributed by atoms with E-state index in [9.17, 15) is 18.0 Å². The normalized spacial score (nSPS) is 17.1. The highest BCUT2D eigenvalue weighted by molar-refractivity contribution is 7.89. The summed E-state index contributed by atoms with van der Waals surface area (Å²) in [6.45, 7) is 5.37. The van der Waals surface area contributed by atoms with Crippen LogP contribution in [-0.2, 0) is 26.1 Å². The minimum atomic E-state index is -3.79. The summed E-state index contributed by atoms with van der Waals surface area (Å²) >= 11 is 0. The Kier molecular flexibility index (Phi) is 8.22. The van der Waals surface area contributed by atoms with Crippen LogP contribution in [0.15, 0.2) is 65.7 Å². The molecular weight excluding hydrogens is 508 g/mol. The molecule has 1 aliphatic heterocycles. The average molecular weight is 539 g/mol. The van der Waals surface area contributed by atoms with Crippen LogP contribution in [0, 0.1) is 6.92 Å². The SMILES string of the molecule is Cc1cc(S(N)(=O)=O)ccc1-c1ccnc(CN2CCOC[C@@H]2C(=O)N[C@@H](C)c2ccc(C(=O)O)cc2)c1. The molecule has 0 aliphatic carbocycles. The maximum absolute atomic E-state index is 13.2. The van der Waals surface area contributed by atoms with Crippen molar-refractivity contribution in [2.75, 3.05) is 19.8 Å². The second-order valence-electron chi connectivity index (χ2n) is 9.28. The van der Waals surface area contributed by atoms with Crippen molar-refractivity contribution in [3.63, 3.8) is 0 Å². The molecule has 10 nitrogen and oxygen atoms in total. The summed E-state index contributed by atoms with van der Waals surface area (Å²) in [6.07, 6.45) is 1.69. The number of nitrogens with one attached hydrogen (secondary N) is 1. The van der Waals surface area contributed by atoms with Gasteiger partial charge in [0.1, 0.15) is 6.04 Å². The van der Waals surface area contributed by atoms with E-state index in [1.807, 2.05) is 30.9 Å². The van der Waals surface area contributed by atoms with Crippen molar-refractivity contribution in [1.82, 2.24) is 15.2 Å². The van der Waals surface area contributed by atoms with Gasteiger partial charge < -0.3 is 15.2 Å². The van der Waals surface area contributed by atoms with Crippen LogP contribution in [0.2, 0.25) is 0 Å². The van der Waals surface area contributed by atoms with Gasteiger partial charge in [-0.15, -0.1) is 0 Å². The molecule has 1 aromatic heterocycles. The number of benzene rings is 2. The van der Waals surface area contributed by atoms with Crippen LogP contribution in [0.1, 0.15) is 40.1 Å². The summed E-state index contributed by atoms with van der Waals surface area (Å²) < 4.78 is 29.0. The number of rotatable bonds is 8. The number of hydrogen-bond acceptors (Lipinski definition) is 7. The molecule has 11 heteroatoms. The minimum absolute atomic E-state index is 0.0576. The lowest BCUT2D eigenvalue weighted by Crippen LogP contribution is -2.53. The number of sulfonamides is 1. The van der Waals surface area contributed by atoms with Crippen LogP contribution in [-0.4, -0.2) is 61.1 Å². The third kappa shape index (κ3) is 6.43. The van der Waals surface area contributed by atoms with Gasteiger partial charge in [0.05, 0.1) is 35.4 Å². The monoisotopic (exact) mass is 538 g/mol. The Labute approximate surface area is 221 Å². The number of hydrogen-bond donors (Lipinski definition) is 3. The average Bonchev–Trinajstić information content (AvgIpc) is 2.88. The van der Waals surface area contributed by atoms with Crippen molar-refractivity contribution in [2.24, 2.45) is 5.14 Å². The molecule has 1 aliphatic rings. The Balaban J connectivity index is 1.48. The lowest BCUT2D eigenvalue weighted by Gasteiger charge is -2.35. The van der Waals surface area contributed by atoms with Gasteiger partial charge in [-0.05, 0) is 72.5 Å². The van der Waals surface area contributed by atoms with Crippen LogP contribution in [0.3, 0.4) is 0 Å². The van der Waals surface area contributed by atoms with E-state index in [1.54, 1.807) is 30.5 Å². The lowest BCUT2D eigenvalue weighted by atomic mass is 10.0. The van der Waals surface area contributed by atoms with Crippen LogP contribution < -0.4 is 10.5 Å². The summed E-state index contributed by atoms with van der Waals surface area (Å²) in [4.78, 5) is 30.9. The molecule has 1 saturated heterocycles. The molecule has 2 atom stereocenters. The van der Waals surface area contributed by atoms with E-state index in [0.717, 1.165) is 27.9 Å². The van der Waals surface area contributed by atoms with Crippen LogP contribution in [0.25, 0.3) is 11.1 Å². The van der Waals surface area contributed by atoms with Gasteiger partial charge in [0.15, 0.2) is 0 Å². The molecule has 4 N–H and O–H groups in total. The molecule has 0 spiro atoms. The Morgan fingerprint density at radius 3 is 2.58 bits per heavy atom. The number of carbonyl (C=O) groups excluding carboxylic acids is 1. The standard InChI is InChI=1S/C27H30N4O6S/c1-17-13-23(38(28,35)36)7-8-24(17)21-9-10-29-22(14-21)15-31-11-12-37-16-25(31)26(32)30-18(2)19-3-5-20(6-4-19)27(33)34/h3-10,13-14,18,25H,11-12,15-16H2,1-2H3,(H,30,32)(H,33,34)(H2,28,35,36)/t18-,25+/m0/s1. The van der Waals surface area contributed by atoms with E-state index in [-0.39, 0.29) is 29.0 Å². The Hall–Kier alpha value is -3.64. The number of nitrogens with zero attached hydrogens (tertiary/aromatic N) is 2. The number of primary sulfonamides is 1. The first-order valence-electron chi connectivity index (χ1n) is 12.1. The number of aryl methyl sites for hydroxylation is 1. The zero-order valence-corrected chi connectivity index (χ0v) is 21.9. The first-order chi connectivity index (χ1) is 18.0. The Morgan fingerprint density at radius 2 is 1.92 bits per heavy atom. The topological polar surface area (TPSA) is 152 Å². The highest BCUT2D eigenvalue weighted by atomic mass is 32.2. The van der Waals surface area contributed by atoms with E-state index in [0.29, 0.717) is 19.7 Å². The molecule has 0 saturated carbocycles. The fourth-order valence-corrected chi connectivity index (χ4v) is 5.05. The molecule has 1 fully saturated rings. The number of carbonyl (C=O) groups is 2. The quantitative estimate of drug-likeness (QED) is 0.396. The molecule has 0 bridgehead atoms. The van der Waals surface area contributed by atoms with Gasteiger partial charge in [0.2, 0.25) is 15.9 Å². The summed E-state index contributed by atoms with van der Waals surface area (Å²) in [5.41, 5.74) is 4.24. The van der Waals surface area contributed by atoms with Gasteiger partial charge in [-0.2, -0.15) is 0 Å². The van der Waals surface area contributed by atoms with Gasteiger partial charge in [-0.25, -0.2) is 18.4 Å². The number of nitrogens with two attached hydrogens (primary N) is 1. The summed E-state index contributed by atoms with van der Waals surface area (Å²) in [7, 11) is -3.79. The highest BCUT2D eigenvalue weighted by Crippen LogP contribution is 2.26. The van der Waals surface area contributed by atoms with E-state index in [4.69, 9.17) is 15.0 Å². The van der Waals surface area contributed by atoms with E-state index in [2.05, 4.69) is 10.3 Å². The number of pyridine rings is 1. The summed E-state index contributed by atoms with van der Waals surface area (Å²) in [5, 5.41) is 17.4. The molecule has 2 heterocycles. The molecule has 38 heavy (non-hydrogen) atoms. The van der Waals surface area contributed by atoms with E-state index < -0.39 is 22.0 Å². The number of morpholine rings is 1. The third-order valence-electron chi connectivity index (χ3n) is 6.58. The molecule has 200 valence electrons. The van der Waals surface area contributed by atoms with Crippen molar-refractivity contribution < 1.29 is 27.9 Å². The molecular formula is C27H30N4O6S. The maximum Gasteiger partial charge on any atom is 0.335 e. The van der Waals surface area contributed by atoms with Gasteiger partial charge in [-0.1, -0.05) is 18.2 Å². The number of ether oxygens (including phenoxy) is 1. The molecule has 0 radical (unpaired) electrons. The molecule has 4 rings (SSSR count). The Bertz CT molecular complexity index is 1440. The van der Waals surface area contributed by atoms with Crippen LogP contribution in [0.4, 0.5) is 0 Å². The molecule has 3 aromatic rings. The van der Waals surface area contributed by atoms with Crippen molar-refractivity contribution >= 4 is 21.9 Å². The second kappa shape index (κ2) is 11.4. The van der Waals surface area contributed by atoms with Crippen molar-refractivity contribution in [1.29, 1.82) is 0 Å². The second-order valence-corrected chi connectivity index (χ2v) is 10.8. The molecule has 2 aromatic carbocycles. The van der Waals surface area contributed by atoms with Gasteiger partial charge in [0.25, 0.3) is 0 Å². The van der Waals surface area contributed by atoms with Crippen molar-refractivity contribution in [3.05, 3.63) is 83.2 Å². The van der Waals surface area contributed by atoms with Crippen molar-refractivity contribution in [3.8, 4) is 11.1 Å². The lowest BCUT2D eigenvalue weighted by molar-refractivity contribution is -0.133. The zero-order chi connectivity index (χ0) is 27.4. The van der Waals surface area contributed by atoms with Crippen LogP contribution in [0.5, 0.6) is 0 Å². The van der Waals surface area contributed by atoms with Gasteiger partial charge >= 0.3 is 5.97 Å². The first-order valence-corrected chi connectivity index (χ1v) is 13.6. The predicted octanol–water partition coefficient (Wildman–Crippen LogP) is 2.48. The fourth-order valence-electron chi connectivity index (χ4n) is 4.45. The maximum atomic E-state index is 13.2.